The molecule has 1 amide bonds. The van der Waals surface area contributed by atoms with Crippen molar-refractivity contribution in [1.82, 2.24) is 0 Å². The van der Waals surface area contributed by atoms with Crippen LogP contribution in [0.1, 0.15) is 10.4 Å². The first kappa shape index (κ1) is 21.7. The molecule has 0 unspecified atom stereocenters. The van der Waals surface area contributed by atoms with Crippen LogP contribution >= 0.6 is 11.8 Å². The van der Waals surface area contributed by atoms with Gasteiger partial charge in [0.05, 0.1) is 10.6 Å². The lowest BCUT2D eigenvalue weighted by atomic mass is 10.2. The second-order valence-corrected chi connectivity index (χ2v) is 9.66. The molecule has 0 aliphatic rings. The minimum atomic E-state index is -3.68. The molecule has 2 N–H and O–H groups in total. The summed E-state index contributed by atoms with van der Waals surface area (Å²) in [6, 6.07) is 32.0. The summed E-state index contributed by atoms with van der Waals surface area (Å²) in [6.07, 6.45) is 0. The highest BCUT2D eigenvalue weighted by atomic mass is 32.2. The molecule has 0 aliphatic heterocycles. The minimum absolute atomic E-state index is 0.175. The van der Waals surface area contributed by atoms with Gasteiger partial charge in [0.15, 0.2) is 0 Å². The fraction of sp³-hybridized carbons (Fsp3) is 0. The van der Waals surface area contributed by atoms with Gasteiger partial charge in [0.2, 0.25) is 0 Å². The van der Waals surface area contributed by atoms with Gasteiger partial charge in [-0.3, -0.25) is 9.52 Å². The van der Waals surface area contributed by atoms with Crippen molar-refractivity contribution in [2.24, 2.45) is 0 Å². The first-order valence-corrected chi connectivity index (χ1v) is 12.1. The molecule has 5 nitrogen and oxygen atoms in total. The smallest absolute Gasteiger partial charge is 0.261 e. The van der Waals surface area contributed by atoms with Crippen LogP contribution in [0.5, 0.6) is 0 Å². The predicted molar refractivity (Wildman–Crippen MR) is 129 cm³/mol. The zero-order chi connectivity index (χ0) is 22.4. The van der Waals surface area contributed by atoms with Crippen LogP contribution in [0.15, 0.2) is 124 Å². The van der Waals surface area contributed by atoms with Gasteiger partial charge in [-0.1, -0.05) is 60.3 Å². The molecule has 0 aromatic heterocycles. The van der Waals surface area contributed by atoms with Crippen molar-refractivity contribution in [1.29, 1.82) is 0 Å². The Balaban J connectivity index is 1.46. The molecule has 0 aliphatic carbocycles. The first-order chi connectivity index (χ1) is 15.5. The number of para-hydroxylation sites is 1. The standard InChI is InChI=1S/C25H20N2O3S2/c28-25(26-23-13-7-8-14-24(23)31-21-9-3-1-4-10-21)19-15-17-20(18-16-19)27-32(29,30)22-11-5-2-6-12-22/h1-18,27H,(H,26,28). The second kappa shape index (κ2) is 9.72. The van der Waals surface area contributed by atoms with Crippen LogP contribution in [0.3, 0.4) is 0 Å². The summed E-state index contributed by atoms with van der Waals surface area (Å²) >= 11 is 1.57. The Bertz CT molecular complexity index is 1310. The third-order valence-corrected chi connectivity index (χ3v) is 7.04. The molecule has 0 saturated carbocycles. The molecule has 0 saturated heterocycles. The average Bonchev–Trinajstić information content (AvgIpc) is 2.82. The zero-order valence-corrected chi connectivity index (χ0v) is 18.6. The number of hydrogen-bond donors (Lipinski definition) is 2. The summed E-state index contributed by atoms with van der Waals surface area (Å²) in [6.45, 7) is 0. The number of hydrogen-bond acceptors (Lipinski definition) is 4. The first-order valence-electron chi connectivity index (χ1n) is 9.82. The van der Waals surface area contributed by atoms with Crippen LogP contribution in [-0.2, 0) is 10.0 Å². The van der Waals surface area contributed by atoms with Gasteiger partial charge in [0.1, 0.15) is 0 Å². The molecule has 0 atom stereocenters. The minimum Gasteiger partial charge on any atom is -0.321 e. The lowest BCUT2D eigenvalue weighted by molar-refractivity contribution is 0.102. The highest BCUT2D eigenvalue weighted by molar-refractivity contribution is 7.99. The SMILES string of the molecule is O=C(Nc1ccccc1Sc1ccccc1)c1ccc(NS(=O)(=O)c2ccccc2)cc1. The van der Waals surface area contributed by atoms with Crippen molar-refractivity contribution in [2.75, 3.05) is 10.0 Å². The highest BCUT2D eigenvalue weighted by Crippen LogP contribution is 2.33. The average molecular weight is 461 g/mol. The lowest BCUT2D eigenvalue weighted by Gasteiger charge is -2.12. The van der Waals surface area contributed by atoms with Crippen molar-refractivity contribution < 1.29 is 13.2 Å². The van der Waals surface area contributed by atoms with Crippen LogP contribution in [0.4, 0.5) is 11.4 Å². The zero-order valence-electron chi connectivity index (χ0n) is 16.9. The number of benzene rings is 4. The largest absolute Gasteiger partial charge is 0.321 e. The van der Waals surface area contributed by atoms with E-state index >= 15 is 0 Å². The van der Waals surface area contributed by atoms with E-state index in [0.717, 1.165) is 9.79 Å². The summed E-state index contributed by atoms with van der Waals surface area (Å²) in [4.78, 5) is 15.0. The summed E-state index contributed by atoms with van der Waals surface area (Å²) < 4.78 is 27.4. The maximum Gasteiger partial charge on any atom is 0.261 e. The second-order valence-electron chi connectivity index (χ2n) is 6.86. The maximum absolute atomic E-state index is 12.8. The normalized spacial score (nSPS) is 11.0. The quantitative estimate of drug-likeness (QED) is 0.361. The maximum atomic E-state index is 12.8. The predicted octanol–water partition coefficient (Wildman–Crippen LogP) is 5.89. The van der Waals surface area contributed by atoms with Gasteiger partial charge >= 0.3 is 0 Å². The molecule has 0 spiro atoms. The van der Waals surface area contributed by atoms with Crippen molar-refractivity contribution in [3.05, 3.63) is 115 Å². The van der Waals surface area contributed by atoms with E-state index in [1.165, 1.54) is 12.1 Å². The van der Waals surface area contributed by atoms with Crippen molar-refractivity contribution in [3.8, 4) is 0 Å². The fourth-order valence-electron chi connectivity index (χ4n) is 2.97. The topological polar surface area (TPSA) is 75.3 Å². The Morgan fingerprint density at radius 1 is 0.688 bits per heavy atom. The van der Waals surface area contributed by atoms with E-state index in [1.807, 2.05) is 54.6 Å². The molecule has 0 fully saturated rings. The van der Waals surface area contributed by atoms with Crippen LogP contribution in [-0.4, -0.2) is 14.3 Å². The van der Waals surface area contributed by atoms with Gasteiger partial charge in [-0.25, -0.2) is 8.42 Å². The number of sulfonamides is 1. The van der Waals surface area contributed by atoms with Gasteiger partial charge in [0, 0.05) is 21.0 Å². The Hall–Kier alpha value is -3.55. The third kappa shape index (κ3) is 5.38. The number of amides is 1. The van der Waals surface area contributed by atoms with Gasteiger partial charge in [-0.05, 0) is 60.7 Å². The van der Waals surface area contributed by atoms with Gasteiger partial charge in [0.25, 0.3) is 15.9 Å². The lowest BCUT2D eigenvalue weighted by Crippen LogP contribution is -2.14. The molecule has 160 valence electrons. The summed E-state index contributed by atoms with van der Waals surface area (Å²) in [7, 11) is -3.68. The van der Waals surface area contributed by atoms with E-state index < -0.39 is 10.0 Å². The van der Waals surface area contributed by atoms with Crippen molar-refractivity contribution >= 4 is 39.1 Å². The molecule has 4 aromatic carbocycles. The molecule has 7 heteroatoms. The van der Waals surface area contributed by atoms with E-state index in [0.29, 0.717) is 16.9 Å². The van der Waals surface area contributed by atoms with Crippen LogP contribution < -0.4 is 10.0 Å². The van der Waals surface area contributed by atoms with Crippen molar-refractivity contribution in [2.45, 2.75) is 14.7 Å². The van der Waals surface area contributed by atoms with Crippen LogP contribution in [0, 0.1) is 0 Å². The summed E-state index contributed by atoms with van der Waals surface area (Å²) in [5.74, 6) is -0.274. The van der Waals surface area contributed by atoms with Gasteiger partial charge < -0.3 is 5.32 Å². The Morgan fingerprint density at radius 3 is 1.97 bits per heavy atom. The van der Waals surface area contributed by atoms with Gasteiger partial charge in [-0.15, -0.1) is 0 Å². The van der Waals surface area contributed by atoms with E-state index in [9.17, 15) is 13.2 Å². The molecule has 4 aromatic rings. The molecular weight excluding hydrogens is 440 g/mol. The van der Waals surface area contributed by atoms with E-state index in [4.69, 9.17) is 0 Å². The van der Waals surface area contributed by atoms with Crippen molar-refractivity contribution in [3.63, 3.8) is 0 Å². The Kier molecular flexibility index (Phi) is 6.58. The number of carbonyl (C=O) groups excluding carboxylic acids is 1. The van der Waals surface area contributed by atoms with Crippen LogP contribution in [0.25, 0.3) is 0 Å². The number of carbonyl (C=O) groups is 1. The van der Waals surface area contributed by atoms with E-state index in [-0.39, 0.29) is 10.8 Å². The van der Waals surface area contributed by atoms with E-state index in [2.05, 4.69) is 10.0 Å². The van der Waals surface area contributed by atoms with Gasteiger partial charge in [-0.2, -0.15) is 0 Å². The molecule has 0 radical (unpaired) electrons. The van der Waals surface area contributed by atoms with E-state index in [1.54, 1.807) is 54.2 Å². The highest BCUT2D eigenvalue weighted by Gasteiger charge is 2.14. The fourth-order valence-corrected chi connectivity index (χ4v) is 4.97. The Labute approximate surface area is 191 Å². The van der Waals surface area contributed by atoms with Crippen LogP contribution in [0.2, 0.25) is 0 Å². The number of rotatable bonds is 7. The molecule has 0 bridgehead atoms. The summed E-state index contributed by atoms with van der Waals surface area (Å²) in [5.41, 5.74) is 1.51. The molecule has 32 heavy (non-hydrogen) atoms. The Morgan fingerprint density at radius 2 is 1.28 bits per heavy atom. The number of anilines is 2. The summed E-state index contributed by atoms with van der Waals surface area (Å²) in [5, 5.41) is 2.94. The molecule has 4 rings (SSSR count). The molecule has 0 heterocycles. The molecular formula is C25H20N2O3S2. The third-order valence-electron chi connectivity index (χ3n) is 4.56. The monoisotopic (exact) mass is 460 g/mol. The number of nitrogens with one attached hydrogen (secondary N) is 2.